The fourth-order valence-corrected chi connectivity index (χ4v) is 2.76. The standard InChI is InChI=1S/C18H13ClF4N4O6/c1-8(28)7-32-15-11(3-2-4-24-15)33-14-9(19)5-10(20)13(25-14)27-12(29)6-17(31,18(21,22)23)26-16(27)30/h2-5,31H,6-7H2,1H3,(H,26,30). The van der Waals surface area contributed by atoms with E-state index in [9.17, 15) is 37.1 Å². The van der Waals surface area contributed by atoms with Crippen molar-refractivity contribution in [2.45, 2.75) is 25.2 Å². The lowest BCUT2D eigenvalue weighted by Gasteiger charge is -2.37. The number of rotatable bonds is 6. The molecule has 15 heteroatoms. The van der Waals surface area contributed by atoms with Crippen molar-refractivity contribution in [2.75, 3.05) is 11.5 Å². The molecule has 1 atom stereocenters. The Balaban J connectivity index is 1.94. The number of ether oxygens (including phenoxy) is 2. The molecule has 10 nitrogen and oxygen atoms in total. The highest BCUT2D eigenvalue weighted by Gasteiger charge is 2.60. The molecule has 0 spiro atoms. The fraction of sp³-hybridized carbons (Fsp3) is 0.278. The van der Waals surface area contributed by atoms with Crippen LogP contribution in [0.25, 0.3) is 0 Å². The molecular weight excluding hydrogens is 480 g/mol. The number of nitrogens with zero attached hydrogens (tertiary/aromatic N) is 3. The van der Waals surface area contributed by atoms with Crippen LogP contribution in [-0.4, -0.2) is 51.3 Å². The summed E-state index contributed by atoms with van der Waals surface area (Å²) in [5, 5.41) is 10.4. The number of carbonyl (C=O) groups is 3. The Hall–Kier alpha value is -3.52. The Morgan fingerprint density at radius 3 is 2.67 bits per heavy atom. The van der Waals surface area contributed by atoms with Gasteiger partial charge in [-0.25, -0.2) is 19.1 Å². The van der Waals surface area contributed by atoms with E-state index in [2.05, 4.69) is 9.97 Å². The first-order valence-electron chi connectivity index (χ1n) is 8.88. The second-order valence-electron chi connectivity index (χ2n) is 6.67. The van der Waals surface area contributed by atoms with Crippen LogP contribution in [0, 0.1) is 5.82 Å². The number of urea groups is 1. The Kier molecular flexibility index (Phi) is 6.42. The molecule has 2 aromatic rings. The first kappa shape index (κ1) is 24.1. The number of pyridine rings is 2. The van der Waals surface area contributed by atoms with Crippen LogP contribution >= 0.6 is 11.6 Å². The van der Waals surface area contributed by atoms with Crippen LogP contribution in [0.5, 0.6) is 17.5 Å². The third-order valence-corrected chi connectivity index (χ3v) is 4.36. The number of halogens is 5. The summed E-state index contributed by atoms with van der Waals surface area (Å²) in [5.74, 6) is -5.16. The van der Waals surface area contributed by atoms with Crippen molar-refractivity contribution in [3.63, 3.8) is 0 Å². The van der Waals surface area contributed by atoms with E-state index in [-0.39, 0.29) is 28.9 Å². The number of carbonyl (C=O) groups excluding carboxylic acids is 3. The van der Waals surface area contributed by atoms with Crippen LogP contribution < -0.4 is 19.7 Å². The molecule has 2 N–H and O–H groups in total. The number of anilines is 1. The van der Waals surface area contributed by atoms with Gasteiger partial charge >= 0.3 is 12.2 Å². The van der Waals surface area contributed by atoms with Gasteiger partial charge in [-0.15, -0.1) is 0 Å². The summed E-state index contributed by atoms with van der Waals surface area (Å²) in [4.78, 5) is 43.0. The molecule has 33 heavy (non-hydrogen) atoms. The average molecular weight is 493 g/mol. The van der Waals surface area contributed by atoms with Gasteiger partial charge < -0.3 is 19.9 Å². The van der Waals surface area contributed by atoms with E-state index in [1.165, 1.54) is 30.6 Å². The third kappa shape index (κ3) is 4.96. The smallest absolute Gasteiger partial charge is 0.437 e. The first-order chi connectivity index (χ1) is 15.3. The highest BCUT2D eigenvalue weighted by atomic mass is 35.5. The molecule has 1 aliphatic rings. The first-order valence-corrected chi connectivity index (χ1v) is 9.25. The molecule has 176 valence electrons. The third-order valence-electron chi connectivity index (χ3n) is 4.09. The molecule has 1 unspecified atom stereocenters. The van der Waals surface area contributed by atoms with Crippen LogP contribution in [0.1, 0.15) is 13.3 Å². The molecule has 3 heterocycles. The minimum absolute atomic E-state index is 0.0326. The number of hydrogen-bond donors (Lipinski definition) is 2. The van der Waals surface area contributed by atoms with Gasteiger partial charge in [0, 0.05) is 12.3 Å². The molecule has 0 saturated carbocycles. The summed E-state index contributed by atoms with van der Waals surface area (Å²) >= 11 is 5.91. The van der Waals surface area contributed by atoms with Gasteiger partial charge in [0.15, 0.2) is 23.2 Å². The Morgan fingerprint density at radius 1 is 1.36 bits per heavy atom. The Morgan fingerprint density at radius 2 is 2.06 bits per heavy atom. The summed E-state index contributed by atoms with van der Waals surface area (Å²) in [7, 11) is 0. The SMILES string of the molecule is CC(=O)COc1ncccc1Oc1nc(N2C(=O)CC(O)(C(F)(F)F)NC2=O)c(F)cc1Cl. The van der Waals surface area contributed by atoms with Crippen molar-refractivity contribution in [1.29, 1.82) is 0 Å². The minimum atomic E-state index is -5.37. The van der Waals surface area contributed by atoms with Crippen LogP contribution in [0.15, 0.2) is 24.4 Å². The van der Waals surface area contributed by atoms with E-state index >= 15 is 0 Å². The van der Waals surface area contributed by atoms with E-state index in [0.29, 0.717) is 6.07 Å². The van der Waals surface area contributed by atoms with Crippen molar-refractivity contribution < 1.29 is 46.5 Å². The molecule has 3 amide bonds. The molecule has 1 fully saturated rings. The molecule has 1 saturated heterocycles. The van der Waals surface area contributed by atoms with E-state index in [0.717, 1.165) is 0 Å². The predicted molar refractivity (Wildman–Crippen MR) is 101 cm³/mol. The summed E-state index contributed by atoms with van der Waals surface area (Å²) in [6.07, 6.45) is -5.69. The maximum absolute atomic E-state index is 14.5. The van der Waals surface area contributed by atoms with Crippen molar-refractivity contribution >= 4 is 35.1 Å². The lowest BCUT2D eigenvalue weighted by molar-refractivity contribution is -0.269. The van der Waals surface area contributed by atoms with Crippen LogP contribution in [0.2, 0.25) is 5.02 Å². The summed E-state index contributed by atoms with van der Waals surface area (Å²) < 4.78 is 64.0. The number of alkyl halides is 3. The van der Waals surface area contributed by atoms with E-state index in [1.54, 1.807) is 0 Å². The summed E-state index contributed by atoms with van der Waals surface area (Å²) in [5.41, 5.74) is -3.83. The maximum Gasteiger partial charge on any atom is 0.437 e. The number of ketones is 1. The number of nitrogens with one attached hydrogen (secondary N) is 1. The minimum Gasteiger partial charge on any atom is -0.467 e. The molecule has 0 aromatic carbocycles. The van der Waals surface area contributed by atoms with E-state index < -0.39 is 52.8 Å². The topological polar surface area (TPSA) is 131 Å². The second-order valence-corrected chi connectivity index (χ2v) is 7.08. The van der Waals surface area contributed by atoms with Gasteiger partial charge in [-0.05, 0) is 19.1 Å². The summed E-state index contributed by atoms with van der Waals surface area (Å²) in [6.45, 7) is 0.905. The van der Waals surface area contributed by atoms with E-state index in [4.69, 9.17) is 21.1 Å². The Bertz CT molecular complexity index is 1110. The van der Waals surface area contributed by atoms with Crippen LogP contribution in [0.3, 0.4) is 0 Å². The molecule has 3 rings (SSSR count). The molecule has 0 bridgehead atoms. The molecule has 1 aliphatic heterocycles. The van der Waals surface area contributed by atoms with Crippen LogP contribution in [0.4, 0.5) is 28.2 Å². The highest BCUT2D eigenvalue weighted by Crippen LogP contribution is 2.38. The lowest BCUT2D eigenvalue weighted by atomic mass is 10.1. The van der Waals surface area contributed by atoms with E-state index in [1.807, 2.05) is 0 Å². The number of imide groups is 1. The van der Waals surface area contributed by atoms with Gasteiger partial charge in [-0.1, -0.05) is 11.6 Å². The monoisotopic (exact) mass is 492 g/mol. The lowest BCUT2D eigenvalue weighted by Crippen LogP contribution is -2.68. The maximum atomic E-state index is 14.5. The zero-order valence-corrected chi connectivity index (χ0v) is 17.2. The molecule has 0 aliphatic carbocycles. The van der Waals surface area contributed by atoms with Crippen molar-refractivity contribution in [1.82, 2.24) is 15.3 Å². The number of aromatic nitrogens is 2. The molecule has 2 aromatic heterocycles. The largest absolute Gasteiger partial charge is 0.467 e. The zero-order chi connectivity index (χ0) is 24.6. The van der Waals surface area contributed by atoms with Crippen molar-refractivity contribution in [2.24, 2.45) is 0 Å². The van der Waals surface area contributed by atoms with Crippen molar-refractivity contribution in [3.05, 3.63) is 35.2 Å². The Labute approximate surface area is 187 Å². The zero-order valence-electron chi connectivity index (χ0n) is 16.4. The quantitative estimate of drug-likeness (QED) is 0.589. The van der Waals surface area contributed by atoms with Gasteiger partial charge in [0.2, 0.25) is 17.5 Å². The molecule has 0 radical (unpaired) electrons. The van der Waals surface area contributed by atoms with Crippen molar-refractivity contribution in [3.8, 4) is 17.5 Å². The van der Waals surface area contributed by atoms with Gasteiger partial charge in [0.05, 0.1) is 6.42 Å². The van der Waals surface area contributed by atoms with Gasteiger partial charge in [0.1, 0.15) is 11.6 Å². The number of hydrogen-bond acceptors (Lipinski definition) is 8. The van der Waals surface area contributed by atoms with Gasteiger partial charge in [-0.2, -0.15) is 18.2 Å². The van der Waals surface area contributed by atoms with Crippen LogP contribution in [-0.2, 0) is 9.59 Å². The highest BCUT2D eigenvalue weighted by molar-refractivity contribution is 6.32. The average Bonchev–Trinajstić information content (AvgIpc) is 2.69. The van der Waals surface area contributed by atoms with Gasteiger partial charge in [0.25, 0.3) is 5.88 Å². The number of Topliss-reactive ketones (excluding diaryl/α,β-unsaturated/α-hetero) is 1. The second kappa shape index (κ2) is 8.78. The number of amides is 3. The normalized spacial score (nSPS) is 18.7. The molecular formula is C18H13ClF4N4O6. The summed E-state index contributed by atoms with van der Waals surface area (Å²) in [6, 6.07) is 1.56. The predicted octanol–water partition coefficient (Wildman–Crippen LogP) is 2.73. The number of aliphatic hydroxyl groups is 1. The van der Waals surface area contributed by atoms with Gasteiger partial charge in [-0.3, -0.25) is 9.59 Å². The fourth-order valence-electron chi connectivity index (χ4n) is 2.58.